The van der Waals surface area contributed by atoms with Crippen molar-refractivity contribution in [2.24, 2.45) is 0 Å². The highest BCUT2D eigenvalue weighted by Gasteiger charge is 2.08. The van der Waals surface area contributed by atoms with Gasteiger partial charge in [0.25, 0.3) is 0 Å². The fourth-order valence-electron chi connectivity index (χ4n) is 1.60. The van der Waals surface area contributed by atoms with Gasteiger partial charge in [0, 0.05) is 17.9 Å². The Hall–Kier alpha value is -0.740. The molecule has 1 aromatic rings. The Morgan fingerprint density at radius 2 is 2.13 bits per heavy atom. The average molecular weight is 226 g/mol. The summed E-state index contributed by atoms with van der Waals surface area (Å²) < 4.78 is 5.98. The third-order valence-corrected chi connectivity index (χ3v) is 2.53. The first-order chi connectivity index (χ1) is 7.06. The predicted molar refractivity (Wildman–Crippen MR) is 63.6 cm³/mol. The van der Waals surface area contributed by atoms with Crippen molar-refractivity contribution in [1.82, 2.24) is 9.97 Å². The van der Waals surface area contributed by atoms with Crippen molar-refractivity contribution in [3.05, 3.63) is 21.7 Å². The van der Waals surface area contributed by atoms with E-state index >= 15 is 0 Å². The van der Waals surface area contributed by atoms with Crippen LogP contribution in [-0.2, 0) is 11.3 Å². The van der Waals surface area contributed by atoms with E-state index in [4.69, 9.17) is 17.0 Å². The van der Waals surface area contributed by atoms with Crippen molar-refractivity contribution >= 4 is 12.2 Å². The number of H-pyrrole nitrogens is 1. The molecule has 15 heavy (non-hydrogen) atoms. The van der Waals surface area contributed by atoms with Crippen LogP contribution in [0.3, 0.4) is 0 Å². The van der Waals surface area contributed by atoms with E-state index in [1.165, 1.54) is 0 Å². The fourth-order valence-corrected chi connectivity index (χ4v) is 2.10. The van der Waals surface area contributed by atoms with Crippen LogP contribution in [-0.4, -0.2) is 16.6 Å². The van der Waals surface area contributed by atoms with Gasteiger partial charge in [-0.15, -0.1) is 0 Å². The molecule has 0 spiro atoms. The summed E-state index contributed by atoms with van der Waals surface area (Å²) >= 11 is 5.27. The topological polar surface area (TPSA) is 37.9 Å². The maximum Gasteiger partial charge on any atom is 0.134 e. The molecule has 0 amide bonds. The van der Waals surface area contributed by atoms with Crippen LogP contribution >= 0.6 is 12.2 Å². The quantitative estimate of drug-likeness (QED) is 0.802. The lowest BCUT2D eigenvalue weighted by Gasteiger charge is -2.11. The first-order valence-electron chi connectivity index (χ1n) is 5.23. The molecule has 1 heterocycles. The smallest absolute Gasteiger partial charge is 0.134 e. The number of ether oxygens (including phenoxy) is 1. The Morgan fingerprint density at radius 1 is 1.47 bits per heavy atom. The Labute approximate surface area is 95.9 Å². The van der Waals surface area contributed by atoms with Gasteiger partial charge in [0.2, 0.25) is 0 Å². The molecule has 0 saturated heterocycles. The lowest BCUT2D eigenvalue weighted by Crippen LogP contribution is -2.05. The minimum Gasteiger partial charge on any atom is -0.374 e. The van der Waals surface area contributed by atoms with Gasteiger partial charge in [-0.05, 0) is 19.8 Å². The van der Waals surface area contributed by atoms with Crippen molar-refractivity contribution in [1.29, 1.82) is 0 Å². The Bertz CT molecular complexity index is 385. The summed E-state index contributed by atoms with van der Waals surface area (Å²) in [6.45, 7) is 9.42. The van der Waals surface area contributed by atoms with Crippen LogP contribution in [0.1, 0.15) is 43.8 Å². The number of aryl methyl sites for hydroxylation is 1. The first-order valence-corrected chi connectivity index (χ1v) is 5.64. The van der Waals surface area contributed by atoms with Gasteiger partial charge in [0.05, 0.1) is 0 Å². The molecule has 0 aliphatic heterocycles. The fraction of sp³-hybridized carbons (Fsp3) is 0.636. The van der Waals surface area contributed by atoms with Gasteiger partial charge in [0.1, 0.15) is 17.1 Å². The molecule has 0 fully saturated rings. The molecule has 4 heteroatoms. The monoisotopic (exact) mass is 226 g/mol. The number of nitrogens with zero attached hydrogens (tertiary/aromatic N) is 1. The number of aromatic amines is 1. The Kier molecular flexibility index (Phi) is 4.42. The number of aromatic nitrogens is 2. The van der Waals surface area contributed by atoms with Crippen LogP contribution in [0.4, 0.5) is 0 Å². The zero-order valence-corrected chi connectivity index (χ0v) is 10.6. The highest BCUT2D eigenvalue weighted by atomic mass is 32.1. The highest BCUT2D eigenvalue weighted by Crippen LogP contribution is 2.18. The van der Waals surface area contributed by atoms with Gasteiger partial charge in [-0.3, -0.25) is 0 Å². The Morgan fingerprint density at radius 3 is 2.60 bits per heavy atom. The molecule has 0 aliphatic rings. The summed E-state index contributed by atoms with van der Waals surface area (Å²) in [5.41, 5.74) is 2.23. The molecule has 0 saturated carbocycles. The second-order valence-electron chi connectivity index (χ2n) is 3.82. The molecule has 0 radical (unpaired) electrons. The number of hydrogen-bond donors (Lipinski definition) is 1. The number of hydrogen-bond acceptors (Lipinski definition) is 3. The third-order valence-electron chi connectivity index (χ3n) is 2.22. The molecule has 1 aromatic heterocycles. The van der Waals surface area contributed by atoms with Crippen LogP contribution in [0.15, 0.2) is 0 Å². The largest absolute Gasteiger partial charge is 0.374 e. The molecule has 0 unspecified atom stereocenters. The van der Waals surface area contributed by atoms with Gasteiger partial charge in [0.15, 0.2) is 0 Å². The predicted octanol–water partition coefficient (Wildman–Crippen LogP) is 3.11. The SMILES string of the molecule is CCOCc1nc(=S)c(C(C)C)c(C)[nH]1. The average Bonchev–Trinajstić information content (AvgIpc) is 2.12. The zero-order chi connectivity index (χ0) is 11.4. The number of nitrogens with one attached hydrogen (secondary N) is 1. The molecule has 0 aromatic carbocycles. The maximum atomic E-state index is 5.29. The van der Waals surface area contributed by atoms with Gasteiger partial charge in [-0.1, -0.05) is 26.1 Å². The second-order valence-corrected chi connectivity index (χ2v) is 4.21. The molecule has 3 nitrogen and oxygen atoms in total. The summed E-state index contributed by atoms with van der Waals surface area (Å²) in [7, 11) is 0. The molecule has 0 bridgehead atoms. The number of rotatable bonds is 4. The second kappa shape index (κ2) is 5.37. The lowest BCUT2D eigenvalue weighted by molar-refractivity contribution is 0.128. The van der Waals surface area contributed by atoms with E-state index in [0.717, 1.165) is 17.1 Å². The first kappa shape index (κ1) is 12.3. The van der Waals surface area contributed by atoms with E-state index in [0.29, 0.717) is 23.8 Å². The van der Waals surface area contributed by atoms with Crippen LogP contribution in [0.25, 0.3) is 0 Å². The van der Waals surface area contributed by atoms with E-state index in [9.17, 15) is 0 Å². The summed E-state index contributed by atoms with van der Waals surface area (Å²) in [4.78, 5) is 7.56. The minimum atomic E-state index is 0.405. The normalized spacial score (nSPS) is 11.0. The van der Waals surface area contributed by atoms with Crippen LogP contribution in [0.2, 0.25) is 0 Å². The van der Waals surface area contributed by atoms with Gasteiger partial charge in [-0.25, -0.2) is 4.98 Å². The van der Waals surface area contributed by atoms with Crippen molar-refractivity contribution < 1.29 is 4.74 Å². The third kappa shape index (κ3) is 3.11. The van der Waals surface area contributed by atoms with Gasteiger partial charge in [-0.2, -0.15) is 0 Å². The maximum absolute atomic E-state index is 5.29. The van der Waals surface area contributed by atoms with Gasteiger partial charge >= 0.3 is 0 Å². The summed E-state index contributed by atoms with van der Waals surface area (Å²) in [5, 5.41) is 0. The van der Waals surface area contributed by atoms with E-state index in [2.05, 4.69) is 23.8 Å². The molecule has 1 rings (SSSR count). The Balaban J connectivity index is 3.03. The van der Waals surface area contributed by atoms with E-state index in [-0.39, 0.29) is 0 Å². The molecule has 84 valence electrons. The molecular formula is C11H18N2OS. The van der Waals surface area contributed by atoms with E-state index in [1.54, 1.807) is 0 Å². The summed E-state index contributed by atoms with van der Waals surface area (Å²) in [5.74, 6) is 1.21. The van der Waals surface area contributed by atoms with Crippen molar-refractivity contribution in [2.75, 3.05) is 6.61 Å². The zero-order valence-electron chi connectivity index (χ0n) is 9.76. The van der Waals surface area contributed by atoms with Crippen molar-refractivity contribution in [3.8, 4) is 0 Å². The standard InChI is InChI=1S/C11H18N2OS/c1-5-14-6-9-12-8(4)10(7(2)3)11(15)13-9/h7H,5-6H2,1-4H3,(H,12,13,15). The van der Waals surface area contributed by atoms with E-state index < -0.39 is 0 Å². The van der Waals surface area contributed by atoms with Crippen molar-refractivity contribution in [2.45, 2.75) is 40.2 Å². The molecule has 0 aliphatic carbocycles. The molecule has 0 atom stereocenters. The summed E-state index contributed by atoms with van der Waals surface area (Å²) in [6, 6.07) is 0. The van der Waals surface area contributed by atoms with Crippen LogP contribution < -0.4 is 0 Å². The van der Waals surface area contributed by atoms with Gasteiger partial charge < -0.3 is 9.72 Å². The van der Waals surface area contributed by atoms with E-state index in [1.807, 2.05) is 13.8 Å². The van der Waals surface area contributed by atoms with Crippen molar-refractivity contribution in [3.63, 3.8) is 0 Å². The van der Waals surface area contributed by atoms with Crippen LogP contribution in [0.5, 0.6) is 0 Å². The minimum absolute atomic E-state index is 0.405. The lowest BCUT2D eigenvalue weighted by atomic mass is 10.0. The van der Waals surface area contributed by atoms with Crippen LogP contribution in [0, 0.1) is 11.6 Å². The molecular weight excluding hydrogens is 208 g/mol. The highest BCUT2D eigenvalue weighted by molar-refractivity contribution is 7.71. The molecule has 1 N–H and O–H groups in total. The summed E-state index contributed by atoms with van der Waals surface area (Å²) in [6.07, 6.45) is 0.